The summed E-state index contributed by atoms with van der Waals surface area (Å²) in [5, 5.41) is 7.42. The van der Waals surface area contributed by atoms with Crippen molar-refractivity contribution in [3.8, 4) is 0 Å². The highest BCUT2D eigenvalue weighted by molar-refractivity contribution is 6.33. The van der Waals surface area contributed by atoms with Gasteiger partial charge in [0, 0.05) is 37.3 Å². The lowest BCUT2D eigenvalue weighted by Crippen LogP contribution is -2.67. The number of benzene rings is 1. The maximum Gasteiger partial charge on any atom is 0.241 e. The highest BCUT2D eigenvalue weighted by atomic mass is 35.5. The zero-order valence-electron chi connectivity index (χ0n) is 21.7. The van der Waals surface area contributed by atoms with Gasteiger partial charge in [-0.3, -0.25) is 14.5 Å². The molecule has 1 aromatic rings. The van der Waals surface area contributed by atoms with Gasteiger partial charge in [-0.25, -0.2) is 0 Å². The lowest BCUT2D eigenvalue weighted by Gasteiger charge is -2.51. The van der Waals surface area contributed by atoms with Gasteiger partial charge in [-0.05, 0) is 57.1 Å². The van der Waals surface area contributed by atoms with Crippen LogP contribution in [0, 0.1) is 17.8 Å². The number of anilines is 1. The quantitative estimate of drug-likeness (QED) is 0.569. The number of piperazine rings is 1. The van der Waals surface area contributed by atoms with Crippen molar-refractivity contribution in [3.05, 3.63) is 29.3 Å². The molecule has 0 aliphatic carbocycles. The van der Waals surface area contributed by atoms with Crippen LogP contribution in [0.15, 0.2) is 24.3 Å². The third-order valence-corrected chi connectivity index (χ3v) is 7.39. The van der Waals surface area contributed by atoms with Crippen LogP contribution in [-0.4, -0.2) is 60.5 Å². The molecule has 0 aromatic heterocycles. The Morgan fingerprint density at radius 3 is 2.41 bits per heavy atom. The van der Waals surface area contributed by atoms with E-state index in [9.17, 15) is 9.59 Å². The Morgan fingerprint density at radius 2 is 1.79 bits per heavy atom. The van der Waals surface area contributed by atoms with Crippen LogP contribution in [0.4, 0.5) is 5.69 Å². The highest BCUT2D eigenvalue weighted by Crippen LogP contribution is 2.33. The summed E-state index contributed by atoms with van der Waals surface area (Å²) in [5.74, 6) is 1.19. The minimum atomic E-state index is -0.240. The zero-order valence-corrected chi connectivity index (χ0v) is 22.5. The van der Waals surface area contributed by atoms with Gasteiger partial charge < -0.3 is 15.5 Å². The lowest BCUT2D eigenvalue weighted by atomic mass is 9.88. The molecule has 0 unspecified atom stereocenters. The van der Waals surface area contributed by atoms with Crippen LogP contribution in [0.5, 0.6) is 0 Å². The van der Waals surface area contributed by atoms with E-state index in [4.69, 9.17) is 11.6 Å². The number of nitrogens with one attached hydrogen (secondary N) is 2. The number of nitrogens with zero attached hydrogens (tertiary/aromatic N) is 2. The van der Waals surface area contributed by atoms with Crippen molar-refractivity contribution in [2.24, 2.45) is 17.8 Å². The highest BCUT2D eigenvalue weighted by Gasteiger charge is 2.44. The van der Waals surface area contributed by atoms with Crippen molar-refractivity contribution >= 4 is 29.1 Å². The van der Waals surface area contributed by atoms with Gasteiger partial charge in [-0.15, -0.1) is 0 Å². The van der Waals surface area contributed by atoms with E-state index in [1.54, 1.807) is 0 Å². The Balaban J connectivity index is 1.67. The molecule has 2 heterocycles. The third-order valence-electron chi connectivity index (χ3n) is 7.07. The second-order valence-electron chi connectivity index (χ2n) is 11.6. The van der Waals surface area contributed by atoms with Crippen molar-refractivity contribution in [1.82, 2.24) is 15.5 Å². The minimum absolute atomic E-state index is 0.0490. The topological polar surface area (TPSA) is 64.7 Å². The van der Waals surface area contributed by atoms with Crippen molar-refractivity contribution in [3.63, 3.8) is 0 Å². The SMILES string of the molecule is CC(C)CC(CC(C)C)NC(=O)[C@@H]1CNC[C@H](N2CC(=O)N(c3ccccc3Cl)CC2(C)C)C1. The molecule has 0 radical (unpaired) electrons. The predicted octanol–water partition coefficient (Wildman–Crippen LogP) is 4.32. The third kappa shape index (κ3) is 6.73. The molecule has 3 rings (SSSR count). The van der Waals surface area contributed by atoms with E-state index in [0.29, 0.717) is 36.5 Å². The van der Waals surface area contributed by atoms with Gasteiger partial charge in [0.05, 0.1) is 23.2 Å². The standard InChI is InChI=1S/C27H43ClN4O2/c1-18(2)11-21(12-19(3)4)30-26(34)20-13-22(15-29-14-20)32-16-25(33)31(17-27(32,5)6)24-10-8-7-9-23(24)28/h7-10,18-22,29H,11-17H2,1-6H3,(H,30,34)/t20-,22+/m0/s1. The van der Waals surface area contributed by atoms with E-state index in [-0.39, 0.29) is 35.4 Å². The maximum atomic E-state index is 13.2. The average Bonchev–Trinajstić information content (AvgIpc) is 2.74. The average molecular weight is 491 g/mol. The van der Waals surface area contributed by atoms with Gasteiger partial charge in [-0.1, -0.05) is 51.4 Å². The molecule has 0 saturated carbocycles. The molecule has 1 aromatic carbocycles. The molecule has 2 N–H and O–H groups in total. The number of piperidine rings is 1. The van der Waals surface area contributed by atoms with Gasteiger partial charge in [0.25, 0.3) is 0 Å². The summed E-state index contributed by atoms with van der Waals surface area (Å²) in [6.07, 6.45) is 2.76. The summed E-state index contributed by atoms with van der Waals surface area (Å²) < 4.78 is 0. The number of amides is 2. The fraction of sp³-hybridized carbons (Fsp3) is 0.704. The van der Waals surface area contributed by atoms with E-state index in [1.165, 1.54) is 0 Å². The first-order chi connectivity index (χ1) is 16.0. The molecule has 7 heteroatoms. The molecule has 0 spiro atoms. The van der Waals surface area contributed by atoms with E-state index in [2.05, 4.69) is 57.1 Å². The Hall–Kier alpha value is -1.63. The second kappa shape index (κ2) is 11.4. The van der Waals surface area contributed by atoms with Crippen LogP contribution in [-0.2, 0) is 9.59 Å². The zero-order chi connectivity index (χ0) is 25.0. The van der Waals surface area contributed by atoms with Gasteiger partial charge >= 0.3 is 0 Å². The van der Waals surface area contributed by atoms with Crippen LogP contribution in [0.25, 0.3) is 0 Å². The lowest BCUT2D eigenvalue weighted by molar-refractivity contribution is -0.129. The second-order valence-corrected chi connectivity index (χ2v) is 12.0. The summed E-state index contributed by atoms with van der Waals surface area (Å²) in [7, 11) is 0. The van der Waals surface area contributed by atoms with Crippen LogP contribution < -0.4 is 15.5 Å². The fourth-order valence-electron chi connectivity index (χ4n) is 5.55. The summed E-state index contributed by atoms with van der Waals surface area (Å²) in [4.78, 5) is 30.5. The van der Waals surface area contributed by atoms with Gasteiger partial charge in [0.15, 0.2) is 0 Å². The van der Waals surface area contributed by atoms with E-state index in [1.807, 2.05) is 29.2 Å². The smallest absolute Gasteiger partial charge is 0.241 e. The number of rotatable bonds is 8. The first-order valence-electron chi connectivity index (χ1n) is 12.8. The van der Waals surface area contributed by atoms with Crippen molar-refractivity contribution < 1.29 is 9.59 Å². The minimum Gasteiger partial charge on any atom is -0.353 e. The molecule has 0 bridgehead atoms. The first-order valence-corrected chi connectivity index (χ1v) is 13.2. The largest absolute Gasteiger partial charge is 0.353 e. The summed E-state index contributed by atoms with van der Waals surface area (Å²) in [5.41, 5.74) is 0.526. The number of hydrogen-bond acceptors (Lipinski definition) is 4. The molecular weight excluding hydrogens is 448 g/mol. The number of carbonyl (C=O) groups excluding carboxylic acids is 2. The van der Waals surface area contributed by atoms with Crippen LogP contribution in [0.3, 0.4) is 0 Å². The number of para-hydroxylation sites is 1. The molecule has 190 valence electrons. The predicted molar refractivity (Wildman–Crippen MR) is 140 cm³/mol. The summed E-state index contributed by atoms with van der Waals surface area (Å²) >= 11 is 6.40. The van der Waals surface area contributed by atoms with Gasteiger partial charge in [0.1, 0.15) is 0 Å². The van der Waals surface area contributed by atoms with Gasteiger partial charge in [-0.2, -0.15) is 0 Å². The molecule has 2 fully saturated rings. The molecular formula is C27H43ClN4O2. The van der Waals surface area contributed by atoms with Gasteiger partial charge in [0.2, 0.25) is 11.8 Å². The monoisotopic (exact) mass is 490 g/mol. The van der Waals surface area contributed by atoms with Crippen molar-refractivity contribution in [1.29, 1.82) is 0 Å². The van der Waals surface area contributed by atoms with Crippen LogP contribution in [0.1, 0.15) is 60.8 Å². The molecule has 2 amide bonds. The normalized spacial score (nSPS) is 23.7. The summed E-state index contributed by atoms with van der Waals surface area (Å²) in [6.45, 7) is 15.5. The maximum absolute atomic E-state index is 13.2. The number of hydrogen-bond donors (Lipinski definition) is 2. The molecule has 2 aliphatic heterocycles. The van der Waals surface area contributed by atoms with Crippen molar-refractivity contribution in [2.45, 2.75) is 78.4 Å². The van der Waals surface area contributed by atoms with E-state index < -0.39 is 0 Å². The first kappa shape index (κ1) is 27.0. The molecule has 6 nitrogen and oxygen atoms in total. The Bertz CT molecular complexity index is 847. The molecule has 2 saturated heterocycles. The summed E-state index contributed by atoms with van der Waals surface area (Å²) in [6, 6.07) is 7.86. The molecule has 34 heavy (non-hydrogen) atoms. The number of carbonyl (C=O) groups is 2. The number of halogens is 1. The Labute approximate surface area is 210 Å². The van der Waals surface area contributed by atoms with E-state index in [0.717, 1.165) is 31.5 Å². The van der Waals surface area contributed by atoms with Crippen LogP contribution in [0.2, 0.25) is 5.02 Å². The Kier molecular flexibility index (Phi) is 9.04. The molecule has 2 aliphatic rings. The fourth-order valence-corrected chi connectivity index (χ4v) is 5.79. The van der Waals surface area contributed by atoms with Crippen molar-refractivity contribution in [2.75, 3.05) is 31.1 Å². The Morgan fingerprint density at radius 1 is 1.15 bits per heavy atom. The van der Waals surface area contributed by atoms with E-state index >= 15 is 0 Å². The molecule has 2 atom stereocenters. The van der Waals surface area contributed by atoms with Crippen LogP contribution >= 0.6 is 11.6 Å².